The third-order valence-electron chi connectivity index (χ3n) is 4.16. The van der Waals surface area contributed by atoms with E-state index in [0.29, 0.717) is 23.5 Å². The molecule has 0 saturated carbocycles. The van der Waals surface area contributed by atoms with E-state index in [2.05, 4.69) is 21.5 Å². The highest BCUT2D eigenvalue weighted by Crippen LogP contribution is 2.13. The summed E-state index contributed by atoms with van der Waals surface area (Å²) >= 11 is 0. The van der Waals surface area contributed by atoms with Crippen molar-refractivity contribution in [1.82, 2.24) is 10.9 Å². The van der Waals surface area contributed by atoms with Crippen LogP contribution in [-0.2, 0) is 14.4 Å². The van der Waals surface area contributed by atoms with Gasteiger partial charge in [0.25, 0.3) is 17.7 Å². The summed E-state index contributed by atoms with van der Waals surface area (Å²) in [6, 6.07) is 15.3. The smallest absolute Gasteiger partial charge is 0.293 e. The number of hydrogen-bond donors (Lipinski definition) is 5. The molecule has 30 heavy (non-hydrogen) atoms. The summed E-state index contributed by atoms with van der Waals surface area (Å²) in [6.07, 6.45) is 0. The van der Waals surface area contributed by atoms with Crippen LogP contribution in [0.25, 0.3) is 0 Å². The molecule has 0 aliphatic rings. The fourth-order valence-corrected chi connectivity index (χ4v) is 2.64. The maximum atomic E-state index is 12.3. The van der Waals surface area contributed by atoms with Crippen LogP contribution in [0.1, 0.15) is 24.2 Å². The van der Waals surface area contributed by atoms with Crippen molar-refractivity contribution in [3.8, 4) is 0 Å². The van der Waals surface area contributed by atoms with Crippen LogP contribution in [0, 0.1) is 0 Å². The van der Waals surface area contributed by atoms with Gasteiger partial charge < -0.3 is 15.5 Å². The lowest BCUT2D eigenvalue weighted by atomic mass is 10.2. The Hall–Kier alpha value is -3.72. The van der Waals surface area contributed by atoms with Crippen LogP contribution in [0.5, 0.6) is 0 Å². The first-order valence-electron chi connectivity index (χ1n) is 9.52. The molecule has 0 aromatic heterocycles. The van der Waals surface area contributed by atoms with E-state index in [4.69, 9.17) is 0 Å². The van der Waals surface area contributed by atoms with Crippen LogP contribution < -0.4 is 26.4 Å². The Morgan fingerprint density at radius 2 is 1.33 bits per heavy atom. The molecular formula is C21H26N5O4+. The molecule has 2 aromatic rings. The molecule has 0 fully saturated rings. The van der Waals surface area contributed by atoms with E-state index in [1.165, 1.54) is 6.92 Å². The number of carbonyl (C=O) groups is 4. The second-order valence-corrected chi connectivity index (χ2v) is 6.63. The molecule has 9 heteroatoms. The van der Waals surface area contributed by atoms with Gasteiger partial charge in [-0.25, -0.2) is 0 Å². The second kappa shape index (κ2) is 11.3. The molecule has 5 N–H and O–H groups in total. The summed E-state index contributed by atoms with van der Waals surface area (Å²) in [7, 11) is 0. The van der Waals surface area contributed by atoms with Gasteiger partial charge >= 0.3 is 0 Å². The third-order valence-corrected chi connectivity index (χ3v) is 4.16. The van der Waals surface area contributed by atoms with E-state index in [0.717, 1.165) is 4.90 Å². The summed E-state index contributed by atoms with van der Waals surface area (Å²) in [5, 5.41) is 5.41. The van der Waals surface area contributed by atoms with E-state index in [1.54, 1.807) is 54.6 Å². The monoisotopic (exact) mass is 412 g/mol. The fraction of sp³-hybridized carbons (Fsp3) is 0.238. The lowest BCUT2D eigenvalue weighted by molar-refractivity contribution is -0.881. The summed E-state index contributed by atoms with van der Waals surface area (Å²) < 4.78 is 0. The molecule has 2 rings (SSSR count). The Morgan fingerprint density at radius 3 is 1.90 bits per heavy atom. The highest BCUT2D eigenvalue weighted by molar-refractivity contribution is 5.95. The van der Waals surface area contributed by atoms with Gasteiger partial charge in [-0.3, -0.25) is 30.0 Å². The van der Waals surface area contributed by atoms with Gasteiger partial charge in [0.05, 0.1) is 6.54 Å². The SMILES string of the molecule is CC[NH+](CC(=O)NNC(=O)c1ccccc1)CC(=O)Nc1ccc(NC(C)=O)cc1. The Labute approximate surface area is 174 Å². The molecule has 2 aromatic carbocycles. The largest absolute Gasteiger partial charge is 0.326 e. The number of hydrazine groups is 1. The first-order valence-corrected chi connectivity index (χ1v) is 9.52. The molecule has 0 aliphatic carbocycles. The minimum atomic E-state index is -0.414. The number of amides is 4. The van der Waals surface area contributed by atoms with Gasteiger partial charge in [-0.1, -0.05) is 18.2 Å². The number of nitrogens with one attached hydrogen (secondary N) is 5. The topological polar surface area (TPSA) is 121 Å². The Balaban J connectivity index is 1.78. The molecule has 4 amide bonds. The van der Waals surface area contributed by atoms with Crippen molar-refractivity contribution in [2.24, 2.45) is 0 Å². The molecule has 1 unspecified atom stereocenters. The zero-order valence-electron chi connectivity index (χ0n) is 17.0. The van der Waals surface area contributed by atoms with Crippen molar-refractivity contribution in [3.63, 3.8) is 0 Å². The van der Waals surface area contributed by atoms with Gasteiger partial charge in [0.2, 0.25) is 5.91 Å². The normalized spacial score (nSPS) is 11.1. The Kier molecular flexibility index (Phi) is 8.52. The highest BCUT2D eigenvalue weighted by Gasteiger charge is 2.17. The Morgan fingerprint density at radius 1 is 0.767 bits per heavy atom. The fourth-order valence-electron chi connectivity index (χ4n) is 2.64. The number of hydrogen-bond acceptors (Lipinski definition) is 4. The predicted octanol–water partition coefficient (Wildman–Crippen LogP) is -0.0505. The van der Waals surface area contributed by atoms with Gasteiger partial charge in [-0.05, 0) is 43.3 Å². The number of quaternary nitrogens is 1. The maximum Gasteiger partial charge on any atom is 0.293 e. The molecule has 158 valence electrons. The quantitative estimate of drug-likeness (QED) is 0.390. The van der Waals surface area contributed by atoms with Crippen LogP contribution in [0.15, 0.2) is 54.6 Å². The summed E-state index contributed by atoms with van der Waals surface area (Å²) in [4.78, 5) is 48.1. The van der Waals surface area contributed by atoms with E-state index >= 15 is 0 Å². The highest BCUT2D eigenvalue weighted by atomic mass is 16.2. The van der Waals surface area contributed by atoms with Crippen LogP contribution in [0.4, 0.5) is 11.4 Å². The standard InChI is InChI=1S/C21H25N5O4/c1-3-26(14-20(29)24-25-21(30)16-7-5-4-6-8-16)13-19(28)23-18-11-9-17(10-12-18)22-15(2)27/h4-12H,3,13-14H2,1-2H3,(H,22,27)(H,23,28)(H,24,29)(H,25,30)/p+1. The average molecular weight is 412 g/mol. The average Bonchev–Trinajstić information content (AvgIpc) is 2.73. The van der Waals surface area contributed by atoms with Crippen LogP contribution in [-0.4, -0.2) is 43.3 Å². The number of benzene rings is 2. The number of carbonyl (C=O) groups excluding carboxylic acids is 4. The molecule has 0 bridgehead atoms. The zero-order valence-corrected chi connectivity index (χ0v) is 17.0. The first kappa shape index (κ1) is 22.6. The van der Waals surface area contributed by atoms with E-state index in [1.807, 2.05) is 6.92 Å². The number of rotatable bonds is 8. The van der Waals surface area contributed by atoms with Crippen molar-refractivity contribution in [3.05, 3.63) is 60.2 Å². The Bertz CT molecular complexity index is 884. The molecule has 1 atom stereocenters. The van der Waals surface area contributed by atoms with Crippen LogP contribution in [0.3, 0.4) is 0 Å². The van der Waals surface area contributed by atoms with E-state index in [9.17, 15) is 19.2 Å². The minimum Gasteiger partial charge on any atom is -0.326 e. The van der Waals surface area contributed by atoms with Gasteiger partial charge in [-0.2, -0.15) is 0 Å². The molecule has 0 radical (unpaired) electrons. The van der Waals surface area contributed by atoms with Crippen molar-refractivity contribution in [2.45, 2.75) is 13.8 Å². The van der Waals surface area contributed by atoms with Crippen molar-refractivity contribution >= 4 is 35.0 Å². The van der Waals surface area contributed by atoms with Crippen LogP contribution in [0.2, 0.25) is 0 Å². The van der Waals surface area contributed by atoms with E-state index in [-0.39, 0.29) is 24.9 Å². The lowest BCUT2D eigenvalue weighted by Crippen LogP contribution is -3.14. The summed E-state index contributed by atoms with van der Waals surface area (Å²) in [6.45, 7) is 3.95. The first-order chi connectivity index (χ1) is 14.4. The molecular weight excluding hydrogens is 386 g/mol. The van der Waals surface area contributed by atoms with E-state index < -0.39 is 11.8 Å². The van der Waals surface area contributed by atoms with Gasteiger partial charge in [-0.15, -0.1) is 0 Å². The van der Waals surface area contributed by atoms with Crippen molar-refractivity contribution in [2.75, 3.05) is 30.3 Å². The third kappa shape index (κ3) is 7.72. The molecule has 0 aliphatic heterocycles. The van der Waals surface area contributed by atoms with Gasteiger partial charge in [0, 0.05) is 23.9 Å². The van der Waals surface area contributed by atoms with Gasteiger partial charge in [0.1, 0.15) is 0 Å². The number of anilines is 2. The van der Waals surface area contributed by atoms with Crippen molar-refractivity contribution in [1.29, 1.82) is 0 Å². The van der Waals surface area contributed by atoms with Gasteiger partial charge in [0.15, 0.2) is 13.1 Å². The maximum absolute atomic E-state index is 12.3. The molecule has 0 spiro atoms. The number of likely N-dealkylation sites (N-methyl/N-ethyl adjacent to an activating group) is 1. The lowest BCUT2D eigenvalue weighted by Gasteiger charge is -2.17. The predicted molar refractivity (Wildman–Crippen MR) is 113 cm³/mol. The summed E-state index contributed by atoms with van der Waals surface area (Å²) in [5.41, 5.74) is 6.38. The minimum absolute atomic E-state index is 0.0282. The van der Waals surface area contributed by atoms with Crippen LogP contribution >= 0.6 is 0 Å². The zero-order chi connectivity index (χ0) is 21.9. The second-order valence-electron chi connectivity index (χ2n) is 6.63. The summed E-state index contributed by atoms with van der Waals surface area (Å²) in [5.74, 6) is -1.24. The van der Waals surface area contributed by atoms with Crippen molar-refractivity contribution < 1.29 is 24.1 Å². The molecule has 0 heterocycles. The molecule has 0 saturated heterocycles. The molecule has 9 nitrogen and oxygen atoms in total.